The van der Waals surface area contributed by atoms with E-state index in [0.717, 1.165) is 10.5 Å². The van der Waals surface area contributed by atoms with Gasteiger partial charge in [-0.05, 0) is 42.1 Å². The third-order valence-electron chi connectivity index (χ3n) is 4.62. The lowest BCUT2D eigenvalue weighted by Gasteiger charge is -2.18. The van der Waals surface area contributed by atoms with Crippen molar-refractivity contribution >= 4 is 29.4 Å². The summed E-state index contributed by atoms with van der Waals surface area (Å²) in [5.41, 5.74) is 2.47. The number of benzene rings is 2. The molecular weight excluding hydrogens is 443 g/mol. The van der Waals surface area contributed by atoms with Gasteiger partial charge in [-0.3, -0.25) is 4.79 Å². The average molecular weight is 461 g/mol. The van der Waals surface area contributed by atoms with Crippen LogP contribution >= 0.6 is 11.9 Å². The molecule has 0 bridgehead atoms. The molecule has 3 aromatic rings. The van der Waals surface area contributed by atoms with Crippen molar-refractivity contribution in [1.82, 2.24) is 20.2 Å². The predicted octanol–water partition coefficient (Wildman–Crippen LogP) is 4.07. The number of hydrogen-bond donors (Lipinski definition) is 2. The Labute approximate surface area is 185 Å². The number of aryl methyl sites for hydroxylation is 1. The summed E-state index contributed by atoms with van der Waals surface area (Å²) in [4.78, 5) is 18.0. The van der Waals surface area contributed by atoms with Gasteiger partial charge in [0.15, 0.2) is 0 Å². The van der Waals surface area contributed by atoms with E-state index in [9.17, 15) is 18.0 Å². The van der Waals surface area contributed by atoms with E-state index in [2.05, 4.69) is 25.2 Å². The molecular formula is C21H18F3N5O2S. The minimum Gasteiger partial charge on any atom is -0.424 e. The smallest absolute Gasteiger partial charge is 0.397 e. The number of carbonyl (C=O) groups excluding carboxylic acids is 1. The topological polar surface area (TPSA) is 92.4 Å². The molecule has 32 heavy (non-hydrogen) atoms. The first-order valence-corrected chi connectivity index (χ1v) is 10.4. The number of carbonyl (C=O) groups is 1. The van der Waals surface area contributed by atoms with Crippen LogP contribution in [0.3, 0.4) is 0 Å². The maximum atomic E-state index is 12.7. The fraction of sp³-hybridized carbons (Fsp3) is 0.238. The number of aromatic nitrogens is 2. The molecule has 7 nitrogen and oxygen atoms in total. The number of nitrogens with one attached hydrogen (secondary N) is 2. The Hall–Kier alpha value is -3.34. The first-order chi connectivity index (χ1) is 15.3. The maximum absolute atomic E-state index is 12.7. The Balaban J connectivity index is 1.51. The van der Waals surface area contributed by atoms with Gasteiger partial charge in [-0.25, -0.2) is 4.99 Å². The molecule has 1 amide bonds. The van der Waals surface area contributed by atoms with E-state index in [1.165, 1.54) is 11.9 Å². The fourth-order valence-electron chi connectivity index (χ4n) is 3.10. The summed E-state index contributed by atoms with van der Waals surface area (Å²) in [6.07, 6.45) is -5.78. The summed E-state index contributed by atoms with van der Waals surface area (Å²) in [5.74, 6) is -1.49. The second-order valence-electron chi connectivity index (χ2n) is 7.14. The van der Waals surface area contributed by atoms with Crippen molar-refractivity contribution in [3.05, 3.63) is 71.4 Å². The molecule has 0 spiro atoms. The van der Waals surface area contributed by atoms with Crippen LogP contribution < -0.4 is 10.0 Å². The van der Waals surface area contributed by atoms with Crippen molar-refractivity contribution in [3.8, 4) is 0 Å². The molecule has 2 heterocycles. The molecule has 0 fully saturated rings. The highest BCUT2D eigenvalue weighted by atomic mass is 32.2. The van der Waals surface area contributed by atoms with Crippen LogP contribution in [0.15, 0.2) is 62.8 Å². The fourth-order valence-corrected chi connectivity index (χ4v) is 3.91. The van der Waals surface area contributed by atoms with Crippen LogP contribution in [-0.2, 0) is 11.2 Å². The molecule has 2 aromatic carbocycles. The molecule has 1 aliphatic heterocycles. The van der Waals surface area contributed by atoms with E-state index in [-0.39, 0.29) is 18.3 Å². The molecule has 1 aromatic heterocycles. The summed E-state index contributed by atoms with van der Waals surface area (Å²) < 4.78 is 46.1. The largest absolute Gasteiger partial charge is 0.424 e. The van der Waals surface area contributed by atoms with E-state index >= 15 is 0 Å². The molecule has 11 heteroatoms. The van der Waals surface area contributed by atoms with Crippen LogP contribution in [0.25, 0.3) is 0 Å². The predicted molar refractivity (Wildman–Crippen MR) is 113 cm³/mol. The minimum absolute atomic E-state index is 0.00973. The summed E-state index contributed by atoms with van der Waals surface area (Å²) >= 11 is 1.29. The third kappa shape index (κ3) is 5.28. The van der Waals surface area contributed by atoms with E-state index in [1.807, 2.05) is 25.1 Å². The van der Waals surface area contributed by atoms with Gasteiger partial charge in [0, 0.05) is 6.54 Å². The Morgan fingerprint density at radius 1 is 1.19 bits per heavy atom. The Kier molecular flexibility index (Phi) is 6.17. The zero-order valence-corrected chi connectivity index (χ0v) is 17.6. The lowest BCUT2D eigenvalue weighted by molar-refractivity contribution is -0.131. The van der Waals surface area contributed by atoms with Crippen molar-refractivity contribution < 1.29 is 22.4 Å². The zero-order chi connectivity index (χ0) is 22.7. The van der Waals surface area contributed by atoms with Crippen molar-refractivity contribution in [3.63, 3.8) is 0 Å². The number of aliphatic imine (C=N–C) groups is 1. The minimum atomic E-state index is -4.46. The zero-order valence-electron chi connectivity index (χ0n) is 16.8. The molecule has 1 atom stereocenters. The van der Waals surface area contributed by atoms with Gasteiger partial charge in [0.25, 0.3) is 5.91 Å². The molecule has 0 saturated heterocycles. The van der Waals surface area contributed by atoms with Crippen LogP contribution in [0.1, 0.15) is 28.8 Å². The van der Waals surface area contributed by atoms with E-state index in [0.29, 0.717) is 11.3 Å². The van der Waals surface area contributed by atoms with Gasteiger partial charge < -0.3 is 14.5 Å². The van der Waals surface area contributed by atoms with Crippen LogP contribution in [0.2, 0.25) is 0 Å². The average Bonchev–Trinajstić information content (AvgIpc) is 3.20. The molecule has 1 aliphatic rings. The molecule has 1 unspecified atom stereocenters. The van der Waals surface area contributed by atoms with Gasteiger partial charge in [-0.2, -0.15) is 13.2 Å². The highest BCUT2D eigenvalue weighted by Crippen LogP contribution is 2.32. The normalized spacial score (nSPS) is 14.2. The van der Waals surface area contributed by atoms with Crippen LogP contribution in [0.4, 0.5) is 18.9 Å². The Morgan fingerprint density at radius 2 is 1.97 bits per heavy atom. The number of rotatable bonds is 6. The maximum Gasteiger partial charge on any atom is 0.397 e. The van der Waals surface area contributed by atoms with E-state index in [4.69, 9.17) is 4.42 Å². The third-order valence-corrected chi connectivity index (χ3v) is 5.46. The SMILES string of the molecule is Cc1ccc2c(c1)SNC(C(=O)NCC(c1ccccc1)c1nnc(CC(F)(F)F)o1)=N2. The Bertz CT molecular complexity index is 1150. The number of fused-ring (bicyclic) bond motifs is 1. The number of nitrogens with zero attached hydrogens (tertiary/aromatic N) is 3. The number of alkyl halides is 3. The number of hydrogen-bond acceptors (Lipinski definition) is 7. The molecule has 166 valence electrons. The van der Waals surface area contributed by atoms with E-state index < -0.39 is 30.3 Å². The van der Waals surface area contributed by atoms with Crippen molar-refractivity contribution in [2.45, 2.75) is 30.3 Å². The highest BCUT2D eigenvalue weighted by Gasteiger charge is 2.32. The number of amidine groups is 1. The number of halogens is 3. The van der Waals surface area contributed by atoms with Crippen molar-refractivity contribution in [2.75, 3.05) is 6.54 Å². The molecule has 4 rings (SSSR count). The molecule has 0 aliphatic carbocycles. The van der Waals surface area contributed by atoms with Crippen LogP contribution in [0, 0.1) is 6.92 Å². The first-order valence-electron chi connectivity index (χ1n) is 9.63. The van der Waals surface area contributed by atoms with Crippen LogP contribution in [0.5, 0.6) is 0 Å². The second-order valence-corrected chi connectivity index (χ2v) is 7.98. The first kappa shape index (κ1) is 21.9. The van der Waals surface area contributed by atoms with Gasteiger partial charge in [0.05, 0.1) is 16.5 Å². The molecule has 2 N–H and O–H groups in total. The Morgan fingerprint density at radius 3 is 2.72 bits per heavy atom. The molecule has 0 saturated carbocycles. The van der Waals surface area contributed by atoms with Crippen molar-refractivity contribution in [2.24, 2.45) is 4.99 Å². The lowest BCUT2D eigenvalue weighted by Crippen LogP contribution is -2.40. The van der Waals surface area contributed by atoms with Crippen molar-refractivity contribution in [1.29, 1.82) is 0 Å². The molecule has 0 radical (unpaired) electrons. The lowest BCUT2D eigenvalue weighted by atomic mass is 9.99. The monoisotopic (exact) mass is 461 g/mol. The van der Waals surface area contributed by atoms with Crippen LogP contribution in [-0.4, -0.2) is 34.7 Å². The van der Waals surface area contributed by atoms with Gasteiger partial charge in [0.1, 0.15) is 6.42 Å². The van der Waals surface area contributed by atoms with Gasteiger partial charge in [-0.1, -0.05) is 36.4 Å². The summed E-state index contributed by atoms with van der Waals surface area (Å²) in [6.45, 7) is 2.00. The van der Waals surface area contributed by atoms with Gasteiger partial charge in [0.2, 0.25) is 17.6 Å². The summed E-state index contributed by atoms with van der Waals surface area (Å²) in [7, 11) is 0. The second kappa shape index (κ2) is 9.03. The highest BCUT2D eigenvalue weighted by molar-refractivity contribution is 7.98. The standard InChI is InChI=1S/C21H18F3N5O2S/c1-12-7-8-15-16(9-12)32-29-18(26-15)19(30)25-11-14(13-5-3-2-4-6-13)20-28-27-17(31-20)10-21(22,23)24/h2-9,14H,10-11H2,1H3,(H,25,30)(H,26,29). The summed E-state index contributed by atoms with van der Waals surface area (Å²) in [6, 6.07) is 14.6. The summed E-state index contributed by atoms with van der Waals surface area (Å²) in [5, 5.41) is 10.0. The van der Waals surface area contributed by atoms with Gasteiger partial charge >= 0.3 is 6.18 Å². The quantitative estimate of drug-likeness (QED) is 0.538. The number of amides is 1. The van der Waals surface area contributed by atoms with Gasteiger partial charge in [-0.15, -0.1) is 10.2 Å². The van der Waals surface area contributed by atoms with E-state index in [1.54, 1.807) is 30.3 Å².